The summed E-state index contributed by atoms with van der Waals surface area (Å²) in [6.07, 6.45) is 1.92. The van der Waals surface area contributed by atoms with E-state index < -0.39 is 5.97 Å². The molecule has 0 spiro atoms. The number of quaternary nitrogens is 1. The molecule has 0 aliphatic carbocycles. The molecule has 0 aromatic heterocycles. The van der Waals surface area contributed by atoms with Gasteiger partial charge in [0.25, 0.3) is 5.91 Å². The molecule has 1 fully saturated rings. The van der Waals surface area contributed by atoms with Crippen molar-refractivity contribution in [3.8, 4) is 0 Å². The Balaban J connectivity index is 1.84. The quantitative estimate of drug-likeness (QED) is 0.529. The van der Waals surface area contributed by atoms with Gasteiger partial charge < -0.3 is 19.3 Å². The van der Waals surface area contributed by atoms with Crippen LogP contribution in [0.3, 0.4) is 0 Å². The number of carbonyl (C=O) groups excluding carboxylic acids is 3. The minimum atomic E-state index is -0.510. The van der Waals surface area contributed by atoms with Crippen molar-refractivity contribution >= 4 is 23.5 Å². The summed E-state index contributed by atoms with van der Waals surface area (Å²) in [5.41, 5.74) is 2.73. The lowest BCUT2D eigenvalue weighted by Gasteiger charge is -2.43. The van der Waals surface area contributed by atoms with Crippen molar-refractivity contribution in [1.82, 2.24) is 0 Å². The SMILES string of the molecule is COC(=O)C[N+]1(CC(=O)Nc2c(C)cccc2C(=O)OC)CCCC(c2ccccc2)C1. The molecule has 3 rings (SSSR count). The van der Waals surface area contributed by atoms with Crippen LogP contribution in [0.2, 0.25) is 0 Å². The molecular weight excluding hydrogens is 408 g/mol. The number of benzene rings is 2. The Hall–Kier alpha value is -3.19. The number of piperidine rings is 1. The number of carbonyl (C=O) groups is 3. The van der Waals surface area contributed by atoms with E-state index in [1.54, 1.807) is 12.1 Å². The molecule has 1 amide bonds. The van der Waals surface area contributed by atoms with Gasteiger partial charge in [0.15, 0.2) is 13.1 Å². The van der Waals surface area contributed by atoms with Crippen LogP contribution < -0.4 is 5.32 Å². The molecule has 0 saturated carbocycles. The molecule has 7 nitrogen and oxygen atoms in total. The normalized spacial score (nSPS) is 20.3. The maximum atomic E-state index is 13.2. The van der Waals surface area contributed by atoms with Crippen LogP contribution in [0.15, 0.2) is 48.5 Å². The number of hydrogen-bond donors (Lipinski definition) is 1. The average Bonchev–Trinajstić information content (AvgIpc) is 2.80. The number of para-hydroxylation sites is 1. The third-order valence-corrected chi connectivity index (χ3v) is 6.18. The first kappa shape index (κ1) is 23.5. The number of aryl methyl sites for hydroxylation is 1. The molecular formula is C25H31N2O5+. The fourth-order valence-electron chi connectivity index (χ4n) is 4.60. The van der Waals surface area contributed by atoms with Crippen LogP contribution in [0.25, 0.3) is 0 Å². The van der Waals surface area contributed by atoms with Gasteiger partial charge in [-0.2, -0.15) is 0 Å². The first-order valence-electron chi connectivity index (χ1n) is 10.8. The summed E-state index contributed by atoms with van der Waals surface area (Å²) in [5, 5.41) is 2.90. The number of esters is 2. The summed E-state index contributed by atoms with van der Waals surface area (Å²) in [4.78, 5) is 37.6. The fraction of sp³-hybridized carbons (Fsp3) is 0.400. The highest BCUT2D eigenvalue weighted by molar-refractivity contribution is 6.02. The van der Waals surface area contributed by atoms with E-state index in [-0.39, 0.29) is 30.9 Å². The van der Waals surface area contributed by atoms with Crippen LogP contribution in [-0.4, -0.2) is 62.7 Å². The second kappa shape index (κ2) is 10.4. The Morgan fingerprint density at radius 3 is 2.44 bits per heavy atom. The number of methoxy groups -OCH3 is 2. The molecule has 170 valence electrons. The monoisotopic (exact) mass is 439 g/mol. The standard InChI is InChI=1S/C25H30N2O5/c1-18-9-7-13-21(25(30)32-3)24(18)26-22(28)16-27(17-23(29)31-2)14-8-12-20(15-27)19-10-5-4-6-11-19/h4-7,9-11,13,20H,8,12,14-17H2,1-3H3/p+1. The van der Waals surface area contributed by atoms with E-state index in [9.17, 15) is 14.4 Å². The van der Waals surface area contributed by atoms with Gasteiger partial charge in [-0.25, -0.2) is 9.59 Å². The Morgan fingerprint density at radius 2 is 1.75 bits per heavy atom. The van der Waals surface area contributed by atoms with E-state index in [1.165, 1.54) is 19.8 Å². The third kappa shape index (κ3) is 5.53. The summed E-state index contributed by atoms with van der Waals surface area (Å²) in [6, 6.07) is 15.4. The number of rotatable bonds is 7. The largest absolute Gasteiger partial charge is 0.465 e. The summed E-state index contributed by atoms with van der Waals surface area (Å²) in [5.74, 6) is -0.837. The number of ether oxygens (including phenoxy) is 2. The van der Waals surface area contributed by atoms with Gasteiger partial charge in [0.05, 0.1) is 38.6 Å². The minimum absolute atomic E-state index is 0.118. The topological polar surface area (TPSA) is 81.7 Å². The van der Waals surface area contributed by atoms with Crippen LogP contribution in [0.1, 0.15) is 40.2 Å². The van der Waals surface area contributed by atoms with Crippen molar-refractivity contribution in [3.05, 3.63) is 65.2 Å². The Kier molecular flexibility index (Phi) is 7.64. The van der Waals surface area contributed by atoms with Crippen molar-refractivity contribution in [2.45, 2.75) is 25.7 Å². The molecule has 2 aromatic carbocycles. The van der Waals surface area contributed by atoms with Crippen molar-refractivity contribution < 1.29 is 28.3 Å². The molecule has 2 atom stereocenters. The molecule has 7 heteroatoms. The Morgan fingerprint density at radius 1 is 1.00 bits per heavy atom. The molecule has 1 aliphatic rings. The van der Waals surface area contributed by atoms with Crippen molar-refractivity contribution in [2.24, 2.45) is 0 Å². The highest BCUT2D eigenvalue weighted by Gasteiger charge is 2.40. The molecule has 2 aromatic rings. The zero-order valence-electron chi connectivity index (χ0n) is 18.9. The maximum Gasteiger partial charge on any atom is 0.361 e. The van der Waals surface area contributed by atoms with E-state index in [4.69, 9.17) is 9.47 Å². The molecule has 1 N–H and O–H groups in total. The first-order chi connectivity index (χ1) is 15.4. The van der Waals surface area contributed by atoms with Gasteiger partial charge in [0, 0.05) is 5.92 Å². The lowest BCUT2D eigenvalue weighted by atomic mass is 9.89. The van der Waals surface area contributed by atoms with Gasteiger partial charge in [-0.3, -0.25) is 4.79 Å². The highest BCUT2D eigenvalue weighted by Crippen LogP contribution is 2.31. The maximum absolute atomic E-state index is 13.2. The van der Waals surface area contributed by atoms with Gasteiger partial charge in [0.2, 0.25) is 0 Å². The molecule has 1 heterocycles. The minimum Gasteiger partial charge on any atom is -0.465 e. The Labute approximate surface area is 188 Å². The van der Waals surface area contributed by atoms with E-state index in [0.29, 0.717) is 28.8 Å². The van der Waals surface area contributed by atoms with E-state index in [1.807, 2.05) is 31.2 Å². The lowest BCUT2D eigenvalue weighted by Crippen LogP contribution is -2.59. The zero-order chi connectivity index (χ0) is 23.1. The van der Waals surface area contributed by atoms with Crippen molar-refractivity contribution in [2.75, 3.05) is 45.7 Å². The van der Waals surface area contributed by atoms with Crippen LogP contribution in [0.4, 0.5) is 5.69 Å². The molecule has 1 saturated heterocycles. The third-order valence-electron chi connectivity index (χ3n) is 6.18. The summed E-state index contributed by atoms with van der Waals surface area (Å²) in [7, 11) is 2.68. The van der Waals surface area contributed by atoms with Crippen molar-refractivity contribution in [3.63, 3.8) is 0 Å². The van der Waals surface area contributed by atoms with Gasteiger partial charge >= 0.3 is 11.9 Å². The number of nitrogens with zero attached hydrogens (tertiary/aromatic N) is 1. The van der Waals surface area contributed by atoms with E-state index in [0.717, 1.165) is 18.4 Å². The number of likely N-dealkylation sites (tertiary alicyclic amines) is 1. The lowest BCUT2D eigenvalue weighted by molar-refractivity contribution is -0.919. The number of hydrogen-bond acceptors (Lipinski definition) is 5. The first-order valence-corrected chi connectivity index (χ1v) is 10.8. The smallest absolute Gasteiger partial charge is 0.361 e. The molecule has 2 unspecified atom stereocenters. The summed E-state index contributed by atoms with van der Waals surface area (Å²) >= 11 is 0. The van der Waals surface area contributed by atoms with Gasteiger partial charge in [-0.15, -0.1) is 0 Å². The highest BCUT2D eigenvalue weighted by atomic mass is 16.5. The van der Waals surface area contributed by atoms with Gasteiger partial charge in [-0.05, 0) is 37.0 Å². The second-order valence-corrected chi connectivity index (χ2v) is 8.43. The van der Waals surface area contributed by atoms with Crippen LogP contribution in [0, 0.1) is 6.92 Å². The summed E-state index contributed by atoms with van der Waals surface area (Å²) in [6.45, 7) is 3.46. The predicted molar refractivity (Wildman–Crippen MR) is 121 cm³/mol. The summed E-state index contributed by atoms with van der Waals surface area (Å²) < 4.78 is 10.1. The van der Waals surface area contributed by atoms with E-state index >= 15 is 0 Å². The Bertz CT molecular complexity index is 976. The molecule has 0 radical (unpaired) electrons. The van der Waals surface area contributed by atoms with Gasteiger partial charge in [0.1, 0.15) is 0 Å². The molecule has 0 bridgehead atoms. The van der Waals surface area contributed by atoms with Crippen LogP contribution >= 0.6 is 0 Å². The number of anilines is 1. The second-order valence-electron chi connectivity index (χ2n) is 8.43. The van der Waals surface area contributed by atoms with Crippen LogP contribution in [-0.2, 0) is 19.1 Å². The van der Waals surface area contributed by atoms with Crippen molar-refractivity contribution in [1.29, 1.82) is 0 Å². The fourth-order valence-corrected chi connectivity index (χ4v) is 4.60. The molecule has 32 heavy (non-hydrogen) atoms. The molecule has 1 aliphatic heterocycles. The number of nitrogens with one attached hydrogen (secondary N) is 1. The average molecular weight is 440 g/mol. The van der Waals surface area contributed by atoms with Crippen LogP contribution in [0.5, 0.6) is 0 Å². The van der Waals surface area contributed by atoms with E-state index in [2.05, 4.69) is 17.4 Å². The predicted octanol–water partition coefficient (Wildman–Crippen LogP) is 3.29. The number of amides is 1. The van der Waals surface area contributed by atoms with Gasteiger partial charge in [-0.1, -0.05) is 42.5 Å². The zero-order valence-corrected chi connectivity index (χ0v) is 18.9.